The summed E-state index contributed by atoms with van der Waals surface area (Å²) in [5, 5.41) is 0. The van der Waals surface area contributed by atoms with Crippen LogP contribution in [0.4, 0.5) is 0 Å². The van der Waals surface area contributed by atoms with Crippen molar-refractivity contribution in [2.75, 3.05) is 6.61 Å². The molecule has 1 atom stereocenters. The molecule has 0 radical (unpaired) electrons. The molecule has 0 aromatic rings. The van der Waals surface area contributed by atoms with Crippen LogP contribution in [-0.2, 0) is 9.53 Å². The third-order valence-electron chi connectivity index (χ3n) is 3.90. The van der Waals surface area contributed by atoms with Gasteiger partial charge in [0.05, 0.1) is 12.5 Å². The Morgan fingerprint density at radius 2 is 1.55 bits per heavy atom. The normalized spacial score (nSPS) is 12.7. The van der Waals surface area contributed by atoms with E-state index in [-0.39, 0.29) is 11.9 Å². The number of ether oxygens (including phenoxy) is 1. The molecule has 0 aromatic carbocycles. The largest absolute Gasteiger partial charge is 0.465 e. The standard InChI is InChI=1S/C18H36O2/c1-5-7-14-17(6-2)18(19)20-15-12-10-8-9-11-13-16(3)4/h16-17H,5-15H2,1-4H3. The Morgan fingerprint density at radius 1 is 0.900 bits per heavy atom. The quantitative estimate of drug-likeness (QED) is 0.318. The highest BCUT2D eigenvalue weighted by Crippen LogP contribution is 2.15. The van der Waals surface area contributed by atoms with Crippen LogP contribution in [-0.4, -0.2) is 12.6 Å². The van der Waals surface area contributed by atoms with E-state index < -0.39 is 0 Å². The Balaban J connectivity index is 3.46. The smallest absolute Gasteiger partial charge is 0.308 e. The summed E-state index contributed by atoms with van der Waals surface area (Å²) in [6.45, 7) is 9.42. The van der Waals surface area contributed by atoms with Crippen molar-refractivity contribution in [2.45, 2.75) is 91.9 Å². The maximum atomic E-state index is 11.9. The summed E-state index contributed by atoms with van der Waals surface area (Å²) in [5.41, 5.74) is 0. The van der Waals surface area contributed by atoms with Gasteiger partial charge < -0.3 is 4.74 Å². The molecular weight excluding hydrogens is 248 g/mol. The van der Waals surface area contributed by atoms with E-state index in [1.54, 1.807) is 0 Å². The van der Waals surface area contributed by atoms with Crippen LogP contribution in [0.1, 0.15) is 91.9 Å². The van der Waals surface area contributed by atoms with Crippen LogP contribution in [0.25, 0.3) is 0 Å². The molecule has 1 unspecified atom stereocenters. The minimum atomic E-state index is 0.0285. The van der Waals surface area contributed by atoms with E-state index in [0.717, 1.165) is 38.0 Å². The summed E-state index contributed by atoms with van der Waals surface area (Å²) in [6, 6.07) is 0. The van der Waals surface area contributed by atoms with Crippen molar-refractivity contribution in [3.63, 3.8) is 0 Å². The number of unbranched alkanes of at least 4 members (excludes halogenated alkanes) is 5. The van der Waals surface area contributed by atoms with E-state index in [1.807, 2.05) is 0 Å². The Bertz CT molecular complexity index is 223. The molecule has 20 heavy (non-hydrogen) atoms. The highest BCUT2D eigenvalue weighted by molar-refractivity contribution is 5.72. The molecule has 0 aliphatic heterocycles. The molecule has 0 aliphatic rings. The van der Waals surface area contributed by atoms with Gasteiger partial charge >= 0.3 is 5.97 Å². The summed E-state index contributed by atoms with van der Waals surface area (Å²) in [7, 11) is 0. The van der Waals surface area contributed by atoms with Gasteiger partial charge in [-0.15, -0.1) is 0 Å². The first-order chi connectivity index (χ1) is 9.61. The van der Waals surface area contributed by atoms with Gasteiger partial charge in [-0.1, -0.05) is 72.6 Å². The average molecular weight is 284 g/mol. The Labute approximate surface area is 126 Å². The molecular formula is C18H36O2. The zero-order valence-electron chi connectivity index (χ0n) is 14.2. The van der Waals surface area contributed by atoms with Crippen LogP contribution >= 0.6 is 0 Å². The first kappa shape index (κ1) is 19.5. The second-order valence-corrected chi connectivity index (χ2v) is 6.37. The van der Waals surface area contributed by atoms with Gasteiger partial charge in [0.2, 0.25) is 0 Å². The van der Waals surface area contributed by atoms with Gasteiger partial charge in [0, 0.05) is 0 Å². The number of esters is 1. The van der Waals surface area contributed by atoms with E-state index >= 15 is 0 Å². The van der Waals surface area contributed by atoms with E-state index in [4.69, 9.17) is 4.74 Å². The molecule has 0 rings (SSSR count). The molecule has 2 nitrogen and oxygen atoms in total. The monoisotopic (exact) mass is 284 g/mol. The van der Waals surface area contributed by atoms with Gasteiger partial charge in [0.25, 0.3) is 0 Å². The predicted octanol–water partition coefficient (Wildman–Crippen LogP) is 5.74. The molecule has 0 aliphatic carbocycles. The zero-order valence-corrected chi connectivity index (χ0v) is 14.2. The Kier molecular flexibility index (Phi) is 13.1. The molecule has 120 valence electrons. The Morgan fingerprint density at radius 3 is 2.15 bits per heavy atom. The number of rotatable bonds is 13. The van der Waals surface area contributed by atoms with Gasteiger partial charge in [0.15, 0.2) is 0 Å². The molecule has 2 heteroatoms. The highest BCUT2D eigenvalue weighted by Gasteiger charge is 2.16. The fourth-order valence-corrected chi connectivity index (χ4v) is 2.41. The molecule has 0 N–H and O–H groups in total. The van der Waals surface area contributed by atoms with Crippen LogP contribution in [0.3, 0.4) is 0 Å². The molecule has 0 fully saturated rings. The lowest BCUT2D eigenvalue weighted by molar-refractivity contribution is -0.149. The molecule has 0 aromatic heterocycles. The maximum absolute atomic E-state index is 11.9. The van der Waals surface area contributed by atoms with Crippen molar-refractivity contribution < 1.29 is 9.53 Å². The highest BCUT2D eigenvalue weighted by atomic mass is 16.5. The van der Waals surface area contributed by atoms with E-state index in [2.05, 4.69) is 27.7 Å². The van der Waals surface area contributed by atoms with Crippen LogP contribution in [0, 0.1) is 11.8 Å². The first-order valence-corrected chi connectivity index (χ1v) is 8.78. The summed E-state index contributed by atoms with van der Waals surface area (Å²) in [6.07, 6.45) is 11.7. The predicted molar refractivity (Wildman–Crippen MR) is 86.8 cm³/mol. The van der Waals surface area contributed by atoms with Gasteiger partial charge in [-0.3, -0.25) is 4.79 Å². The number of carbonyl (C=O) groups is 1. The van der Waals surface area contributed by atoms with Crippen LogP contribution in [0.2, 0.25) is 0 Å². The van der Waals surface area contributed by atoms with Crippen molar-refractivity contribution in [2.24, 2.45) is 11.8 Å². The number of hydrogen-bond donors (Lipinski definition) is 0. The Hall–Kier alpha value is -0.530. The van der Waals surface area contributed by atoms with Crippen molar-refractivity contribution in [3.05, 3.63) is 0 Å². The van der Waals surface area contributed by atoms with Gasteiger partial charge in [-0.2, -0.15) is 0 Å². The van der Waals surface area contributed by atoms with Crippen molar-refractivity contribution in [3.8, 4) is 0 Å². The molecule has 0 saturated heterocycles. The maximum Gasteiger partial charge on any atom is 0.308 e. The summed E-state index contributed by atoms with van der Waals surface area (Å²) >= 11 is 0. The van der Waals surface area contributed by atoms with Crippen molar-refractivity contribution in [1.82, 2.24) is 0 Å². The second-order valence-electron chi connectivity index (χ2n) is 6.37. The third kappa shape index (κ3) is 11.3. The summed E-state index contributed by atoms with van der Waals surface area (Å²) in [5.74, 6) is 0.979. The first-order valence-electron chi connectivity index (χ1n) is 8.78. The van der Waals surface area contributed by atoms with Crippen LogP contribution in [0.5, 0.6) is 0 Å². The van der Waals surface area contributed by atoms with Crippen LogP contribution < -0.4 is 0 Å². The molecule has 0 saturated carbocycles. The average Bonchev–Trinajstić information content (AvgIpc) is 2.42. The second kappa shape index (κ2) is 13.5. The number of carbonyl (C=O) groups excluding carboxylic acids is 1. The van der Waals surface area contributed by atoms with Crippen LogP contribution in [0.15, 0.2) is 0 Å². The molecule has 0 heterocycles. The topological polar surface area (TPSA) is 26.3 Å². The van der Waals surface area contributed by atoms with E-state index in [1.165, 1.54) is 32.1 Å². The lowest BCUT2D eigenvalue weighted by atomic mass is 10.00. The van der Waals surface area contributed by atoms with E-state index in [0.29, 0.717) is 6.61 Å². The lowest BCUT2D eigenvalue weighted by Crippen LogP contribution is -2.17. The number of hydrogen-bond acceptors (Lipinski definition) is 2. The summed E-state index contributed by atoms with van der Waals surface area (Å²) < 4.78 is 5.40. The minimum absolute atomic E-state index is 0.0285. The third-order valence-corrected chi connectivity index (χ3v) is 3.90. The lowest BCUT2D eigenvalue weighted by Gasteiger charge is -2.13. The van der Waals surface area contributed by atoms with Crippen molar-refractivity contribution >= 4 is 5.97 Å². The molecule has 0 amide bonds. The molecule has 0 bridgehead atoms. The van der Waals surface area contributed by atoms with Gasteiger partial charge in [-0.25, -0.2) is 0 Å². The zero-order chi connectivity index (χ0) is 15.2. The minimum Gasteiger partial charge on any atom is -0.465 e. The van der Waals surface area contributed by atoms with Gasteiger partial charge in [0.1, 0.15) is 0 Å². The fraction of sp³-hybridized carbons (Fsp3) is 0.944. The van der Waals surface area contributed by atoms with E-state index in [9.17, 15) is 4.79 Å². The molecule has 0 spiro atoms. The summed E-state index contributed by atoms with van der Waals surface area (Å²) in [4.78, 5) is 11.9. The van der Waals surface area contributed by atoms with Crippen molar-refractivity contribution in [1.29, 1.82) is 0 Å². The SMILES string of the molecule is CCCCC(CC)C(=O)OCCCCCCCC(C)C. The van der Waals surface area contributed by atoms with Gasteiger partial charge in [-0.05, 0) is 25.2 Å². The fourth-order valence-electron chi connectivity index (χ4n) is 2.41.